The molecule has 0 aliphatic heterocycles. The maximum absolute atomic E-state index is 2.38. The third-order valence-electron chi connectivity index (χ3n) is 5.88. The molecule has 0 aliphatic carbocycles. The van der Waals surface area contributed by atoms with Gasteiger partial charge in [-0.2, -0.15) is 0 Å². The monoisotopic (exact) mass is 399 g/mol. The Kier molecular flexibility index (Phi) is 5.24. The molecule has 0 spiro atoms. The standard InChI is InChI=1S/C30H25N/c1-31-29(25-18-10-4-11-19-25)27(22-23-14-6-2-7-15-23)28(24-16-8-3-9-17-24)30(31)26-20-12-5-13-21-26/h2-21H,22H2,1H3. The lowest BCUT2D eigenvalue weighted by Crippen LogP contribution is -1.97. The van der Waals surface area contributed by atoms with Gasteiger partial charge in [0.1, 0.15) is 0 Å². The van der Waals surface area contributed by atoms with Crippen LogP contribution in [0.4, 0.5) is 0 Å². The van der Waals surface area contributed by atoms with Crippen LogP contribution in [-0.4, -0.2) is 4.57 Å². The number of hydrogen-bond acceptors (Lipinski definition) is 0. The highest BCUT2D eigenvalue weighted by molar-refractivity contribution is 5.91. The van der Waals surface area contributed by atoms with E-state index in [4.69, 9.17) is 0 Å². The van der Waals surface area contributed by atoms with Gasteiger partial charge in [0.25, 0.3) is 0 Å². The van der Waals surface area contributed by atoms with Crippen molar-refractivity contribution in [2.75, 3.05) is 0 Å². The second kappa shape index (κ2) is 8.49. The molecule has 1 nitrogen and oxygen atoms in total. The molecule has 150 valence electrons. The van der Waals surface area contributed by atoms with Crippen LogP contribution >= 0.6 is 0 Å². The summed E-state index contributed by atoms with van der Waals surface area (Å²) in [4.78, 5) is 0. The molecule has 5 aromatic rings. The first-order valence-corrected chi connectivity index (χ1v) is 10.7. The van der Waals surface area contributed by atoms with E-state index in [9.17, 15) is 0 Å². The van der Waals surface area contributed by atoms with Gasteiger partial charge in [0.2, 0.25) is 0 Å². The Hall–Kier alpha value is -3.84. The van der Waals surface area contributed by atoms with Crippen molar-refractivity contribution < 1.29 is 0 Å². The second-order valence-electron chi connectivity index (χ2n) is 7.87. The van der Waals surface area contributed by atoms with E-state index in [2.05, 4.69) is 133 Å². The molecule has 0 bridgehead atoms. The molecule has 4 aromatic carbocycles. The lowest BCUT2D eigenvalue weighted by atomic mass is 9.92. The molecule has 1 aromatic heterocycles. The highest BCUT2D eigenvalue weighted by atomic mass is 15.0. The molecule has 1 heteroatoms. The van der Waals surface area contributed by atoms with Crippen molar-refractivity contribution in [3.8, 4) is 33.6 Å². The van der Waals surface area contributed by atoms with Gasteiger partial charge < -0.3 is 4.57 Å². The molecule has 0 amide bonds. The predicted molar refractivity (Wildman–Crippen MR) is 131 cm³/mol. The average Bonchev–Trinajstić information content (AvgIpc) is 3.13. The van der Waals surface area contributed by atoms with Gasteiger partial charge in [-0.1, -0.05) is 121 Å². The molecule has 31 heavy (non-hydrogen) atoms. The van der Waals surface area contributed by atoms with E-state index in [-0.39, 0.29) is 0 Å². The Balaban J connectivity index is 1.85. The zero-order valence-electron chi connectivity index (χ0n) is 17.7. The summed E-state index contributed by atoms with van der Waals surface area (Å²) in [6.45, 7) is 0. The van der Waals surface area contributed by atoms with Gasteiger partial charge in [-0.3, -0.25) is 0 Å². The SMILES string of the molecule is Cn1c(-c2ccccc2)c(Cc2ccccc2)c(-c2ccccc2)c1-c1ccccc1. The molecule has 1 heterocycles. The molecule has 0 saturated heterocycles. The lowest BCUT2D eigenvalue weighted by molar-refractivity contribution is 0.940. The number of benzene rings is 4. The number of hydrogen-bond donors (Lipinski definition) is 0. The van der Waals surface area contributed by atoms with E-state index >= 15 is 0 Å². The van der Waals surface area contributed by atoms with Crippen LogP contribution in [0.15, 0.2) is 121 Å². The molecule has 0 saturated carbocycles. The summed E-state index contributed by atoms with van der Waals surface area (Å²) in [5.41, 5.74) is 10.3. The Labute approximate surface area is 184 Å². The number of nitrogens with zero attached hydrogens (tertiary/aromatic N) is 1. The first-order valence-electron chi connectivity index (χ1n) is 10.7. The van der Waals surface area contributed by atoms with E-state index in [1.54, 1.807) is 0 Å². The molecule has 0 unspecified atom stereocenters. The maximum atomic E-state index is 2.38. The Morgan fingerprint density at radius 1 is 0.484 bits per heavy atom. The first-order chi connectivity index (χ1) is 15.3. The van der Waals surface area contributed by atoms with Crippen molar-refractivity contribution in [1.29, 1.82) is 0 Å². The highest BCUT2D eigenvalue weighted by Gasteiger charge is 2.24. The summed E-state index contributed by atoms with van der Waals surface area (Å²) < 4.78 is 2.38. The van der Waals surface area contributed by atoms with E-state index in [1.807, 2.05) is 0 Å². The van der Waals surface area contributed by atoms with Crippen LogP contribution < -0.4 is 0 Å². The van der Waals surface area contributed by atoms with Crippen molar-refractivity contribution in [2.24, 2.45) is 7.05 Å². The normalized spacial score (nSPS) is 10.9. The molecule has 0 N–H and O–H groups in total. The van der Waals surface area contributed by atoms with Crippen molar-refractivity contribution in [1.82, 2.24) is 4.57 Å². The van der Waals surface area contributed by atoms with Crippen molar-refractivity contribution in [2.45, 2.75) is 6.42 Å². The van der Waals surface area contributed by atoms with Crippen LogP contribution in [0.2, 0.25) is 0 Å². The summed E-state index contributed by atoms with van der Waals surface area (Å²) in [6, 6.07) is 43.1. The van der Waals surface area contributed by atoms with Gasteiger partial charge in [0.05, 0.1) is 11.4 Å². The fourth-order valence-electron chi connectivity index (χ4n) is 4.53. The molecular formula is C30H25N. The minimum absolute atomic E-state index is 0.885. The molecule has 0 fully saturated rings. The Morgan fingerprint density at radius 2 is 0.903 bits per heavy atom. The van der Waals surface area contributed by atoms with Crippen LogP contribution in [0, 0.1) is 0 Å². The van der Waals surface area contributed by atoms with Crippen LogP contribution in [0.25, 0.3) is 33.6 Å². The van der Waals surface area contributed by atoms with Crippen molar-refractivity contribution >= 4 is 0 Å². The largest absolute Gasteiger partial charge is 0.343 e. The van der Waals surface area contributed by atoms with Gasteiger partial charge in [-0.25, -0.2) is 0 Å². The molecule has 0 aliphatic rings. The second-order valence-corrected chi connectivity index (χ2v) is 7.87. The van der Waals surface area contributed by atoms with Crippen molar-refractivity contribution in [3.63, 3.8) is 0 Å². The van der Waals surface area contributed by atoms with Crippen LogP contribution in [0.5, 0.6) is 0 Å². The summed E-state index contributed by atoms with van der Waals surface area (Å²) in [7, 11) is 2.20. The first kappa shape index (κ1) is 19.1. The van der Waals surface area contributed by atoms with E-state index in [0.29, 0.717) is 0 Å². The smallest absolute Gasteiger partial charge is 0.0565 e. The third-order valence-corrected chi connectivity index (χ3v) is 5.88. The zero-order valence-corrected chi connectivity index (χ0v) is 17.7. The predicted octanol–water partition coefficient (Wildman–Crippen LogP) is 7.62. The summed E-state index contributed by atoms with van der Waals surface area (Å²) in [6.07, 6.45) is 0.885. The third kappa shape index (κ3) is 3.71. The van der Waals surface area contributed by atoms with E-state index < -0.39 is 0 Å². The summed E-state index contributed by atoms with van der Waals surface area (Å²) in [5, 5.41) is 0. The quantitative estimate of drug-likeness (QED) is 0.286. The fourth-order valence-corrected chi connectivity index (χ4v) is 4.53. The zero-order chi connectivity index (χ0) is 21.0. The van der Waals surface area contributed by atoms with Gasteiger partial charge in [-0.15, -0.1) is 0 Å². The number of rotatable bonds is 5. The number of aromatic nitrogens is 1. The van der Waals surface area contributed by atoms with Crippen LogP contribution in [0.3, 0.4) is 0 Å². The Morgan fingerprint density at radius 3 is 1.42 bits per heavy atom. The fraction of sp³-hybridized carbons (Fsp3) is 0.0667. The van der Waals surface area contributed by atoms with Crippen LogP contribution in [0.1, 0.15) is 11.1 Å². The van der Waals surface area contributed by atoms with E-state index in [0.717, 1.165) is 6.42 Å². The lowest BCUT2D eigenvalue weighted by Gasteiger charge is -2.10. The Bertz CT molecular complexity index is 1270. The minimum atomic E-state index is 0.885. The minimum Gasteiger partial charge on any atom is -0.343 e. The molecule has 0 atom stereocenters. The summed E-state index contributed by atoms with van der Waals surface area (Å²) >= 11 is 0. The van der Waals surface area contributed by atoms with Gasteiger partial charge in [-0.05, 0) is 27.8 Å². The van der Waals surface area contributed by atoms with Crippen LogP contribution in [-0.2, 0) is 13.5 Å². The van der Waals surface area contributed by atoms with E-state index in [1.165, 1.54) is 44.8 Å². The average molecular weight is 400 g/mol. The van der Waals surface area contributed by atoms with Gasteiger partial charge in [0.15, 0.2) is 0 Å². The van der Waals surface area contributed by atoms with Gasteiger partial charge >= 0.3 is 0 Å². The summed E-state index contributed by atoms with van der Waals surface area (Å²) in [5.74, 6) is 0. The topological polar surface area (TPSA) is 4.93 Å². The maximum Gasteiger partial charge on any atom is 0.0565 e. The molecule has 0 radical (unpaired) electrons. The highest BCUT2D eigenvalue weighted by Crippen LogP contribution is 2.43. The van der Waals surface area contributed by atoms with Gasteiger partial charge in [0, 0.05) is 19.0 Å². The molecule has 5 rings (SSSR count). The van der Waals surface area contributed by atoms with Crippen molar-refractivity contribution in [3.05, 3.63) is 132 Å². The molecular weight excluding hydrogens is 374 g/mol.